The summed E-state index contributed by atoms with van der Waals surface area (Å²) < 4.78 is 10.8. The van der Waals surface area contributed by atoms with Crippen LogP contribution in [0.1, 0.15) is 77.0 Å². The molecule has 7 heteroatoms. The summed E-state index contributed by atoms with van der Waals surface area (Å²) in [6, 6.07) is 25.5. The monoisotopic (exact) mass is 608 g/mol. The van der Waals surface area contributed by atoms with Crippen molar-refractivity contribution in [2.45, 2.75) is 65.7 Å². The normalized spacial score (nSPS) is 12.2. The maximum absolute atomic E-state index is 6.41. The van der Waals surface area contributed by atoms with Crippen LogP contribution in [0, 0.1) is 0 Å². The number of imidazole rings is 2. The van der Waals surface area contributed by atoms with Crippen molar-refractivity contribution in [3.8, 4) is 34.8 Å². The average Bonchev–Trinajstić information content (AvgIpc) is 3.77. The number of H-pyrrole nitrogens is 1. The van der Waals surface area contributed by atoms with Crippen molar-refractivity contribution in [1.29, 1.82) is 0 Å². The molecule has 0 amide bonds. The number of benzene rings is 3. The van der Waals surface area contributed by atoms with Crippen molar-refractivity contribution in [2.75, 3.05) is 0 Å². The molecule has 0 saturated heterocycles. The first-order chi connectivity index (χ1) is 22.1. The molecule has 0 spiro atoms. The van der Waals surface area contributed by atoms with E-state index in [-0.39, 0.29) is 5.41 Å². The molecule has 7 nitrogen and oxygen atoms in total. The summed E-state index contributed by atoms with van der Waals surface area (Å²) in [6.45, 7) is 15.6. The molecule has 4 heterocycles. The van der Waals surface area contributed by atoms with Crippen LogP contribution >= 0.6 is 0 Å². The summed E-state index contributed by atoms with van der Waals surface area (Å²) in [4.78, 5) is 17.6. The lowest BCUT2D eigenvalue weighted by Crippen LogP contribution is -2.12. The lowest BCUT2D eigenvalue weighted by Gasteiger charge is -2.21. The van der Waals surface area contributed by atoms with Gasteiger partial charge in [0.1, 0.15) is 11.6 Å². The Morgan fingerprint density at radius 3 is 2.22 bits per heavy atom. The second-order valence-corrected chi connectivity index (χ2v) is 13.6. The Kier molecular flexibility index (Phi) is 7.27. The van der Waals surface area contributed by atoms with E-state index < -0.39 is 0 Å². The van der Waals surface area contributed by atoms with Gasteiger partial charge in [-0.25, -0.2) is 15.0 Å². The SMILES string of the molecule is CC(C)c1cccc(C(C)C)c1-n1ccnc1-c1ncc(Oc2ccc3c4ccccc4n(-c4cc(C(C)(C)C)ccn4)c3c2)[nH]1. The number of aromatic amines is 1. The van der Waals surface area contributed by atoms with Crippen LogP contribution in [0.4, 0.5) is 0 Å². The summed E-state index contributed by atoms with van der Waals surface area (Å²) >= 11 is 0. The second kappa shape index (κ2) is 11.3. The zero-order chi connectivity index (χ0) is 32.2. The van der Waals surface area contributed by atoms with Crippen molar-refractivity contribution >= 4 is 21.8 Å². The van der Waals surface area contributed by atoms with Crippen LogP contribution in [0.25, 0.3) is 45.0 Å². The molecule has 0 atom stereocenters. The van der Waals surface area contributed by atoms with Crippen molar-refractivity contribution in [2.24, 2.45) is 0 Å². The van der Waals surface area contributed by atoms with Gasteiger partial charge in [0.25, 0.3) is 0 Å². The molecular formula is C39H40N6O. The summed E-state index contributed by atoms with van der Waals surface area (Å²) in [7, 11) is 0. The van der Waals surface area contributed by atoms with E-state index in [9.17, 15) is 0 Å². The van der Waals surface area contributed by atoms with E-state index >= 15 is 0 Å². The number of pyridine rings is 1. The first-order valence-corrected chi connectivity index (χ1v) is 16.0. The Morgan fingerprint density at radius 1 is 0.739 bits per heavy atom. The van der Waals surface area contributed by atoms with Crippen LogP contribution < -0.4 is 4.74 Å². The van der Waals surface area contributed by atoms with Crippen LogP contribution in [0.2, 0.25) is 0 Å². The molecule has 0 unspecified atom stereocenters. The molecule has 46 heavy (non-hydrogen) atoms. The van der Waals surface area contributed by atoms with Gasteiger partial charge in [0.2, 0.25) is 5.88 Å². The molecule has 0 aliphatic carbocycles. The lowest BCUT2D eigenvalue weighted by atomic mass is 9.88. The van der Waals surface area contributed by atoms with Crippen molar-refractivity contribution in [3.05, 3.63) is 114 Å². The van der Waals surface area contributed by atoms with Gasteiger partial charge in [-0.1, -0.05) is 84.9 Å². The fourth-order valence-electron chi connectivity index (χ4n) is 6.31. The Balaban J connectivity index is 1.28. The van der Waals surface area contributed by atoms with Gasteiger partial charge in [0.15, 0.2) is 11.6 Å². The Labute approximate surface area is 269 Å². The fourth-order valence-corrected chi connectivity index (χ4v) is 6.31. The summed E-state index contributed by atoms with van der Waals surface area (Å²) in [6.07, 6.45) is 7.46. The quantitative estimate of drug-likeness (QED) is 0.195. The van der Waals surface area contributed by atoms with Gasteiger partial charge in [-0.2, -0.15) is 0 Å². The van der Waals surface area contributed by atoms with Gasteiger partial charge in [-0.15, -0.1) is 0 Å². The number of nitrogens with one attached hydrogen (secondary N) is 1. The van der Waals surface area contributed by atoms with Crippen LogP contribution in [0.15, 0.2) is 97.6 Å². The van der Waals surface area contributed by atoms with Crippen molar-refractivity contribution < 1.29 is 4.74 Å². The molecule has 0 bridgehead atoms. The Hall–Kier alpha value is -5.17. The van der Waals surface area contributed by atoms with Crippen LogP contribution in [0.3, 0.4) is 0 Å². The molecule has 0 aliphatic heterocycles. The molecule has 232 valence electrons. The standard InChI is InChI=1S/C39H40N6O/c1-24(2)28-12-10-13-29(25(3)4)36(28)44-20-19-41-38(44)37-42-23-35(43-37)46-27-15-16-31-30-11-8-9-14-32(30)45(33(31)22-27)34-21-26(17-18-40-34)39(5,6)7/h8-25H,1-7H3,(H,42,43). The number of aromatic nitrogens is 6. The zero-order valence-corrected chi connectivity index (χ0v) is 27.5. The van der Waals surface area contributed by atoms with Gasteiger partial charge >= 0.3 is 0 Å². The van der Waals surface area contributed by atoms with Gasteiger partial charge < -0.3 is 9.72 Å². The first kappa shape index (κ1) is 29.5. The first-order valence-electron chi connectivity index (χ1n) is 16.0. The van der Waals surface area contributed by atoms with Gasteiger partial charge in [0.05, 0.1) is 22.9 Å². The summed E-state index contributed by atoms with van der Waals surface area (Å²) in [5.41, 5.74) is 7.09. The molecule has 7 rings (SSSR count). The van der Waals surface area contributed by atoms with Crippen LogP contribution in [0.5, 0.6) is 11.6 Å². The van der Waals surface area contributed by atoms with Gasteiger partial charge in [0, 0.05) is 35.4 Å². The van der Waals surface area contributed by atoms with E-state index in [0.717, 1.165) is 28.1 Å². The summed E-state index contributed by atoms with van der Waals surface area (Å²) in [5.74, 6) is 4.23. The molecule has 0 aliphatic rings. The third-order valence-electron chi connectivity index (χ3n) is 8.70. The van der Waals surface area contributed by atoms with E-state index in [1.807, 2.05) is 24.7 Å². The predicted octanol–water partition coefficient (Wildman–Crippen LogP) is 10.1. The van der Waals surface area contributed by atoms with Crippen molar-refractivity contribution in [1.82, 2.24) is 29.1 Å². The summed E-state index contributed by atoms with van der Waals surface area (Å²) in [5, 5.41) is 2.31. The Morgan fingerprint density at radius 2 is 1.48 bits per heavy atom. The van der Waals surface area contributed by atoms with E-state index in [4.69, 9.17) is 19.7 Å². The van der Waals surface area contributed by atoms with E-state index in [1.54, 1.807) is 6.20 Å². The highest BCUT2D eigenvalue weighted by Crippen LogP contribution is 2.37. The molecule has 0 radical (unpaired) electrons. The fraction of sp³-hybridized carbons (Fsp3) is 0.256. The predicted molar refractivity (Wildman–Crippen MR) is 187 cm³/mol. The Bertz CT molecular complexity index is 2160. The van der Waals surface area contributed by atoms with Crippen LogP contribution in [-0.4, -0.2) is 29.1 Å². The second-order valence-electron chi connectivity index (χ2n) is 13.6. The van der Waals surface area contributed by atoms with E-state index in [0.29, 0.717) is 29.3 Å². The number of nitrogens with zero attached hydrogens (tertiary/aromatic N) is 5. The average molecular weight is 609 g/mol. The van der Waals surface area contributed by atoms with E-state index in [1.165, 1.54) is 27.8 Å². The third-order valence-corrected chi connectivity index (χ3v) is 8.70. The number of hydrogen-bond donors (Lipinski definition) is 1. The number of para-hydroxylation sites is 2. The molecule has 1 N–H and O–H groups in total. The maximum atomic E-state index is 6.41. The number of ether oxygens (including phenoxy) is 1. The highest BCUT2D eigenvalue weighted by Gasteiger charge is 2.21. The molecule has 7 aromatic rings. The molecule has 3 aromatic carbocycles. The molecular weight excluding hydrogens is 568 g/mol. The number of rotatable bonds is 7. The van der Waals surface area contributed by atoms with E-state index in [2.05, 4.69) is 129 Å². The number of hydrogen-bond acceptors (Lipinski definition) is 4. The highest BCUT2D eigenvalue weighted by molar-refractivity contribution is 6.09. The van der Waals surface area contributed by atoms with Crippen LogP contribution in [-0.2, 0) is 5.41 Å². The molecule has 0 saturated carbocycles. The smallest absolute Gasteiger partial charge is 0.217 e. The van der Waals surface area contributed by atoms with Crippen molar-refractivity contribution in [3.63, 3.8) is 0 Å². The highest BCUT2D eigenvalue weighted by atomic mass is 16.5. The largest absolute Gasteiger partial charge is 0.439 e. The lowest BCUT2D eigenvalue weighted by molar-refractivity contribution is 0.466. The molecule has 0 fully saturated rings. The zero-order valence-electron chi connectivity index (χ0n) is 27.5. The minimum absolute atomic E-state index is 0.00494. The van der Waals surface area contributed by atoms with Gasteiger partial charge in [-0.3, -0.25) is 9.13 Å². The van der Waals surface area contributed by atoms with Gasteiger partial charge in [-0.05, 0) is 64.3 Å². The minimum atomic E-state index is 0.00494. The minimum Gasteiger partial charge on any atom is -0.439 e. The molecule has 4 aromatic heterocycles. The topological polar surface area (TPSA) is 73.5 Å². The third kappa shape index (κ3) is 5.15. The number of fused-ring (bicyclic) bond motifs is 3. The maximum Gasteiger partial charge on any atom is 0.217 e.